The molecule has 0 spiro atoms. The standard InChI is InChI=1S/C23H28ClFN2O2/c1-3-5-14-26-23(29)21(4-2)27(16-18-8-12-20(25)13-9-18)22(28)15-17-6-10-19(24)11-7-17/h6-13,21H,3-5,14-16H2,1-2H3,(H,26,29)/t21-/m1/s1. The van der Waals surface area contributed by atoms with E-state index in [0.29, 0.717) is 18.0 Å². The number of halogens is 2. The number of rotatable bonds is 10. The summed E-state index contributed by atoms with van der Waals surface area (Å²) in [7, 11) is 0. The van der Waals surface area contributed by atoms with Crippen molar-refractivity contribution in [2.75, 3.05) is 6.54 Å². The first kappa shape index (κ1) is 22.9. The van der Waals surface area contributed by atoms with Gasteiger partial charge in [-0.2, -0.15) is 0 Å². The van der Waals surface area contributed by atoms with Crippen molar-refractivity contribution in [1.82, 2.24) is 10.2 Å². The zero-order chi connectivity index (χ0) is 21.2. The molecule has 2 aromatic carbocycles. The van der Waals surface area contributed by atoms with Crippen LogP contribution in [0.15, 0.2) is 48.5 Å². The van der Waals surface area contributed by atoms with Crippen LogP contribution >= 0.6 is 11.6 Å². The summed E-state index contributed by atoms with van der Waals surface area (Å²) in [6.07, 6.45) is 2.52. The highest BCUT2D eigenvalue weighted by atomic mass is 35.5. The molecule has 2 amide bonds. The maximum atomic E-state index is 13.3. The molecule has 0 radical (unpaired) electrons. The Balaban J connectivity index is 2.22. The normalized spacial score (nSPS) is 11.7. The molecule has 2 aromatic rings. The van der Waals surface area contributed by atoms with Crippen molar-refractivity contribution in [2.45, 2.75) is 52.1 Å². The van der Waals surface area contributed by atoms with Crippen LogP contribution in [0.25, 0.3) is 0 Å². The summed E-state index contributed by atoms with van der Waals surface area (Å²) in [5, 5.41) is 3.53. The third-order valence-electron chi connectivity index (χ3n) is 4.75. The molecule has 0 fully saturated rings. The topological polar surface area (TPSA) is 49.4 Å². The Labute approximate surface area is 177 Å². The van der Waals surface area contributed by atoms with Crippen molar-refractivity contribution in [2.24, 2.45) is 0 Å². The summed E-state index contributed by atoms with van der Waals surface area (Å²) < 4.78 is 13.3. The lowest BCUT2D eigenvalue weighted by Crippen LogP contribution is -2.49. The zero-order valence-electron chi connectivity index (χ0n) is 17.0. The second-order valence-corrected chi connectivity index (χ2v) is 7.46. The van der Waals surface area contributed by atoms with E-state index in [4.69, 9.17) is 11.6 Å². The van der Waals surface area contributed by atoms with Crippen LogP contribution in [-0.2, 0) is 22.6 Å². The minimum atomic E-state index is -0.586. The lowest BCUT2D eigenvalue weighted by Gasteiger charge is -2.31. The molecule has 1 N–H and O–H groups in total. The first-order valence-corrected chi connectivity index (χ1v) is 10.4. The summed E-state index contributed by atoms with van der Waals surface area (Å²) in [5.74, 6) is -0.654. The van der Waals surface area contributed by atoms with Gasteiger partial charge in [0.05, 0.1) is 6.42 Å². The number of amides is 2. The molecule has 0 saturated heterocycles. The van der Waals surface area contributed by atoms with E-state index in [0.717, 1.165) is 24.0 Å². The van der Waals surface area contributed by atoms with Crippen LogP contribution in [0.1, 0.15) is 44.2 Å². The number of hydrogen-bond acceptors (Lipinski definition) is 2. The van der Waals surface area contributed by atoms with Crippen LogP contribution in [0.4, 0.5) is 4.39 Å². The molecule has 0 aromatic heterocycles. The average Bonchev–Trinajstić information content (AvgIpc) is 2.71. The SMILES string of the molecule is CCCCNC(=O)[C@@H](CC)N(Cc1ccc(F)cc1)C(=O)Cc1ccc(Cl)cc1. The smallest absolute Gasteiger partial charge is 0.242 e. The highest BCUT2D eigenvalue weighted by molar-refractivity contribution is 6.30. The molecule has 6 heteroatoms. The number of benzene rings is 2. The lowest BCUT2D eigenvalue weighted by molar-refractivity contribution is -0.140. The molecular formula is C23H28ClFN2O2. The van der Waals surface area contributed by atoms with Crippen LogP contribution in [0, 0.1) is 5.82 Å². The van der Waals surface area contributed by atoms with Gasteiger partial charge in [-0.1, -0.05) is 56.1 Å². The number of nitrogens with one attached hydrogen (secondary N) is 1. The highest BCUT2D eigenvalue weighted by Crippen LogP contribution is 2.16. The molecule has 29 heavy (non-hydrogen) atoms. The largest absolute Gasteiger partial charge is 0.354 e. The van der Waals surface area contributed by atoms with Crippen LogP contribution in [-0.4, -0.2) is 29.3 Å². The Kier molecular flexibility index (Phi) is 9.13. The highest BCUT2D eigenvalue weighted by Gasteiger charge is 2.28. The van der Waals surface area contributed by atoms with Crippen LogP contribution in [0.3, 0.4) is 0 Å². The van der Waals surface area contributed by atoms with Gasteiger partial charge >= 0.3 is 0 Å². The van der Waals surface area contributed by atoms with E-state index in [1.807, 2.05) is 6.92 Å². The second kappa shape index (κ2) is 11.6. The Morgan fingerprint density at radius 2 is 1.66 bits per heavy atom. The van der Waals surface area contributed by atoms with Gasteiger partial charge in [0.25, 0.3) is 0 Å². The molecule has 1 atom stereocenters. The number of nitrogens with zero attached hydrogens (tertiary/aromatic N) is 1. The fourth-order valence-electron chi connectivity index (χ4n) is 3.09. The summed E-state index contributed by atoms with van der Waals surface area (Å²) in [5.41, 5.74) is 1.60. The summed E-state index contributed by atoms with van der Waals surface area (Å²) in [6.45, 7) is 4.77. The van der Waals surface area contributed by atoms with Gasteiger partial charge in [-0.15, -0.1) is 0 Å². The number of carbonyl (C=O) groups is 2. The zero-order valence-corrected chi connectivity index (χ0v) is 17.7. The average molecular weight is 419 g/mol. The summed E-state index contributed by atoms with van der Waals surface area (Å²) in [4.78, 5) is 27.5. The Bertz CT molecular complexity index is 794. The summed E-state index contributed by atoms with van der Waals surface area (Å²) >= 11 is 5.93. The van der Waals surface area contributed by atoms with Crippen LogP contribution < -0.4 is 5.32 Å². The minimum absolute atomic E-state index is 0.158. The molecule has 0 aliphatic rings. The first-order chi connectivity index (χ1) is 13.9. The quantitative estimate of drug-likeness (QED) is 0.566. The van der Waals surface area contributed by atoms with Crippen molar-refractivity contribution < 1.29 is 14.0 Å². The van der Waals surface area contributed by atoms with Gasteiger partial charge in [-0.25, -0.2) is 4.39 Å². The minimum Gasteiger partial charge on any atom is -0.354 e. The molecule has 0 heterocycles. The van der Waals surface area contributed by atoms with E-state index in [9.17, 15) is 14.0 Å². The van der Waals surface area contributed by atoms with Crippen molar-refractivity contribution in [1.29, 1.82) is 0 Å². The van der Waals surface area contributed by atoms with E-state index >= 15 is 0 Å². The number of unbranched alkanes of at least 4 members (excludes halogenated alkanes) is 1. The molecule has 4 nitrogen and oxygen atoms in total. The summed E-state index contributed by atoms with van der Waals surface area (Å²) in [6, 6.07) is 12.5. The molecule has 0 aliphatic heterocycles. The molecule has 0 unspecified atom stereocenters. The van der Waals surface area contributed by atoms with Gasteiger partial charge in [0.15, 0.2) is 0 Å². The van der Waals surface area contributed by atoms with E-state index in [2.05, 4.69) is 12.2 Å². The molecule has 0 bridgehead atoms. The number of carbonyl (C=O) groups excluding carboxylic acids is 2. The third kappa shape index (κ3) is 7.17. The fourth-order valence-corrected chi connectivity index (χ4v) is 3.22. The number of hydrogen-bond donors (Lipinski definition) is 1. The Morgan fingerprint density at radius 3 is 2.24 bits per heavy atom. The van der Waals surface area contributed by atoms with Gasteiger partial charge in [-0.05, 0) is 48.2 Å². The van der Waals surface area contributed by atoms with E-state index in [1.54, 1.807) is 41.3 Å². The third-order valence-corrected chi connectivity index (χ3v) is 5.00. The van der Waals surface area contributed by atoms with Crippen LogP contribution in [0.2, 0.25) is 5.02 Å². The lowest BCUT2D eigenvalue weighted by atomic mass is 10.1. The molecule has 156 valence electrons. The first-order valence-electron chi connectivity index (χ1n) is 10.0. The van der Waals surface area contributed by atoms with E-state index in [-0.39, 0.29) is 30.6 Å². The molecule has 2 rings (SSSR count). The monoisotopic (exact) mass is 418 g/mol. The van der Waals surface area contributed by atoms with Gasteiger partial charge < -0.3 is 10.2 Å². The Hall–Kier alpha value is -2.40. The van der Waals surface area contributed by atoms with Gasteiger partial charge in [0.1, 0.15) is 11.9 Å². The predicted octanol–water partition coefficient (Wildman–Crippen LogP) is 4.75. The predicted molar refractivity (Wildman–Crippen MR) is 114 cm³/mol. The van der Waals surface area contributed by atoms with Crippen molar-refractivity contribution in [3.05, 3.63) is 70.5 Å². The van der Waals surface area contributed by atoms with Gasteiger partial charge in [0, 0.05) is 18.1 Å². The fraction of sp³-hybridized carbons (Fsp3) is 0.391. The Morgan fingerprint density at radius 1 is 1.03 bits per heavy atom. The maximum absolute atomic E-state index is 13.3. The van der Waals surface area contributed by atoms with Gasteiger partial charge in [0.2, 0.25) is 11.8 Å². The van der Waals surface area contributed by atoms with Crippen LogP contribution in [0.5, 0.6) is 0 Å². The van der Waals surface area contributed by atoms with E-state index < -0.39 is 6.04 Å². The van der Waals surface area contributed by atoms with Crippen molar-refractivity contribution in [3.63, 3.8) is 0 Å². The second-order valence-electron chi connectivity index (χ2n) is 7.02. The molecule has 0 saturated carbocycles. The maximum Gasteiger partial charge on any atom is 0.242 e. The van der Waals surface area contributed by atoms with Crippen molar-refractivity contribution >= 4 is 23.4 Å². The van der Waals surface area contributed by atoms with E-state index in [1.165, 1.54) is 12.1 Å². The van der Waals surface area contributed by atoms with Crippen molar-refractivity contribution in [3.8, 4) is 0 Å². The molecular weight excluding hydrogens is 391 g/mol. The van der Waals surface area contributed by atoms with Gasteiger partial charge in [-0.3, -0.25) is 9.59 Å². The molecule has 0 aliphatic carbocycles.